The van der Waals surface area contributed by atoms with Crippen molar-refractivity contribution in [2.24, 2.45) is 5.73 Å². The third kappa shape index (κ3) is 7.81. The Morgan fingerprint density at radius 3 is 2.38 bits per heavy atom. The summed E-state index contributed by atoms with van der Waals surface area (Å²) < 4.78 is 9.97. The number of ether oxygens (including phenoxy) is 2. The van der Waals surface area contributed by atoms with Crippen LogP contribution in [-0.4, -0.2) is 30.4 Å². The number of rotatable bonds is 5. The maximum atomic E-state index is 11.8. The highest BCUT2D eigenvalue weighted by molar-refractivity contribution is 5.68. The minimum absolute atomic E-state index is 0.0104. The molecule has 116 valence electrons. The van der Waals surface area contributed by atoms with Crippen LogP contribution in [0.4, 0.5) is 9.59 Å². The highest BCUT2D eigenvalue weighted by atomic mass is 16.6. The molecule has 0 aromatic heterocycles. The molecule has 2 amide bonds. The van der Waals surface area contributed by atoms with Crippen molar-refractivity contribution in [2.75, 3.05) is 6.61 Å². The summed E-state index contributed by atoms with van der Waals surface area (Å²) in [6, 6.07) is 9.14. The number of carbonyl (C=O) groups excluding carboxylic acids is 2. The maximum absolute atomic E-state index is 11.8. The third-order valence-corrected chi connectivity index (χ3v) is 2.47. The van der Waals surface area contributed by atoms with Crippen molar-refractivity contribution < 1.29 is 19.1 Å². The topological polar surface area (TPSA) is 90.7 Å². The molecular weight excluding hydrogens is 272 g/mol. The van der Waals surface area contributed by atoms with Crippen LogP contribution in [0, 0.1) is 0 Å². The number of benzene rings is 1. The normalized spacial score (nSPS) is 12.3. The van der Waals surface area contributed by atoms with Crippen molar-refractivity contribution in [1.82, 2.24) is 5.32 Å². The summed E-state index contributed by atoms with van der Waals surface area (Å²) in [7, 11) is 0. The summed E-state index contributed by atoms with van der Waals surface area (Å²) in [5, 5.41) is 2.68. The number of alkyl carbamates (subject to hydrolysis) is 1. The van der Waals surface area contributed by atoms with Gasteiger partial charge in [0.25, 0.3) is 0 Å². The standard InChI is InChI=1S/C15H22N2O4/c1-15(2,3)21-14(19)17-12(10-20-13(16)18)9-11-7-5-4-6-8-11/h4-8,12H,9-10H2,1-3H3,(H2,16,18)(H,17,19). The molecule has 1 atom stereocenters. The van der Waals surface area contributed by atoms with E-state index in [1.54, 1.807) is 20.8 Å². The number of nitrogens with one attached hydrogen (secondary N) is 1. The van der Waals surface area contributed by atoms with Crippen LogP contribution in [0.25, 0.3) is 0 Å². The molecule has 0 fully saturated rings. The van der Waals surface area contributed by atoms with Gasteiger partial charge in [-0.25, -0.2) is 9.59 Å². The predicted molar refractivity (Wildman–Crippen MR) is 78.8 cm³/mol. The Kier molecular flexibility index (Phi) is 6.02. The molecule has 1 unspecified atom stereocenters. The first kappa shape index (κ1) is 16.8. The average Bonchev–Trinajstić information content (AvgIpc) is 2.34. The molecule has 0 aliphatic carbocycles. The van der Waals surface area contributed by atoms with Gasteiger partial charge in [0, 0.05) is 0 Å². The van der Waals surface area contributed by atoms with Gasteiger partial charge in [-0.2, -0.15) is 0 Å². The van der Waals surface area contributed by atoms with E-state index in [4.69, 9.17) is 15.2 Å². The molecular formula is C15H22N2O4. The lowest BCUT2D eigenvalue weighted by molar-refractivity contribution is 0.0474. The zero-order valence-corrected chi connectivity index (χ0v) is 12.6. The molecule has 0 bridgehead atoms. The Morgan fingerprint density at radius 2 is 1.86 bits per heavy atom. The van der Waals surface area contributed by atoms with Crippen LogP contribution in [-0.2, 0) is 15.9 Å². The van der Waals surface area contributed by atoms with Gasteiger partial charge in [-0.1, -0.05) is 30.3 Å². The van der Waals surface area contributed by atoms with Gasteiger partial charge in [-0.15, -0.1) is 0 Å². The van der Waals surface area contributed by atoms with Crippen LogP contribution >= 0.6 is 0 Å². The van der Waals surface area contributed by atoms with Gasteiger partial charge in [0.05, 0.1) is 6.04 Å². The number of amides is 2. The van der Waals surface area contributed by atoms with E-state index in [9.17, 15) is 9.59 Å². The fraction of sp³-hybridized carbons (Fsp3) is 0.467. The summed E-state index contributed by atoms with van der Waals surface area (Å²) in [5.74, 6) is 0. The van der Waals surface area contributed by atoms with Gasteiger partial charge in [0.2, 0.25) is 0 Å². The van der Waals surface area contributed by atoms with E-state index in [1.165, 1.54) is 0 Å². The Morgan fingerprint density at radius 1 is 1.24 bits per heavy atom. The molecule has 21 heavy (non-hydrogen) atoms. The van der Waals surface area contributed by atoms with E-state index < -0.39 is 23.8 Å². The van der Waals surface area contributed by atoms with Crippen molar-refractivity contribution >= 4 is 12.2 Å². The fourth-order valence-corrected chi connectivity index (χ4v) is 1.71. The second-order valence-electron chi connectivity index (χ2n) is 5.66. The summed E-state index contributed by atoms with van der Waals surface area (Å²) in [5.41, 5.74) is 5.38. The number of carbonyl (C=O) groups is 2. The van der Waals surface area contributed by atoms with E-state index in [0.717, 1.165) is 5.56 Å². The third-order valence-electron chi connectivity index (χ3n) is 2.47. The Labute approximate surface area is 124 Å². The Balaban J connectivity index is 2.63. The first-order valence-corrected chi connectivity index (χ1v) is 6.72. The lowest BCUT2D eigenvalue weighted by atomic mass is 10.1. The molecule has 6 nitrogen and oxygen atoms in total. The highest BCUT2D eigenvalue weighted by Gasteiger charge is 2.20. The number of hydrogen-bond acceptors (Lipinski definition) is 4. The number of primary amides is 1. The van der Waals surface area contributed by atoms with E-state index in [0.29, 0.717) is 6.42 Å². The van der Waals surface area contributed by atoms with E-state index in [-0.39, 0.29) is 6.61 Å². The average molecular weight is 294 g/mol. The van der Waals surface area contributed by atoms with Crippen molar-refractivity contribution in [2.45, 2.75) is 38.8 Å². The fourth-order valence-electron chi connectivity index (χ4n) is 1.71. The molecule has 0 saturated heterocycles. The second-order valence-corrected chi connectivity index (χ2v) is 5.66. The lowest BCUT2D eigenvalue weighted by Crippen LogP contribution is -2.43. The molecule has 0 saturated carbocycles. The largest absolute Gasteiger partial charge is 0.448 e. The number of hydrogen-bond donors (Lipinski definition) is 2. The molecule has 1 aromatic rings. The summed E-state index contributed by atoms with van der Waals surface area (Å²) in [6.07, 6.45) is -0.927. The molecule has 1 aromatic carbocycles. The van der Waals surface area contributed by atoms with Gasteiger partial charge in [-0.3, -0.25) is 0 Å². The molecule has 3 N–H and O–H groups in total. The van der Waals surface area contributed by atoms with Gasteiger partial charge < -0.3 is 20.5 Å². The summed E-state index contributed by atoms with van der Waals surface area (Å²) in [6.45, 7) is 5.32. The van der Waals surface area contributed by atoms with Crippen LogP contribution in [0.15, 0.2) is 30.3 Å². The van der Waals surface area contributed by atoms with Gasteiger partial charge in [0.1, 0.15) is 12.2 Å². The molecule has 1 rings (SSSR count). The molecule has 6 heteroatoms. The first-order valence-electron chi connectivity index (χ1n) is 6.72. The second kappa shape index (κ2) is 7.52. The molecule has 0 aliphatic heterocycles. The molecule has 0 spiro atoms. The SMILES string of the molecule is CC(C)(C)OC(=O)NC(COC(N)=O)Cc1ccccc1. The zero-order chi connectivity index (χ0) is 15.9. The monoisotopic (exact) mass is 294 g/mol. The molecule has 0 radical (unpaired) electrons. The van der Waals surface area contributed by atoms with Crippen LogP contribution in [0.2, 0.25) is 0 Å². The van der Waals surface area contributed by atoms with Crippen molar-refractivity contribution in [3.63, 3.8) is 0 Å². The van der Waals surface area contributed by atoms with Crippen LogP contribution in [0.1, 0.15) is 26.3 Å². The van der Waals surface area contributed by atoms with E-state index in [2.05, 4.69) is 5.32 Å². The van der Waals surface area contributed by atoms with Crippen molar-refractivity contribution in [1.29, 1.82) is 0 Å². The lowest BCUT2D eigenvalue weighted by Gasteiger charge is -2.23. The smallest absolute Gasteiger partial charge is 0.408 e. The Bertz CT molecular complexity index is 468. The molecule has 0 heterocycles. The van der Waals surface area contributed by atoms with Gasteiger partial charge in [0.15, 0.2) is 0 Å². The predicted octanol–water partition coefficient (Wildman–Crippen LogP) is 2.22. The van der Waals surface area contributed by atoms with Gasteiger partial charge >= 0.3 is 12.2 Å². The molecule has 0 aliphatic rings. The minimum atomic E-state index is -0.876. The van der Waals surface area contributed by atoms with Gasteiger partial charge in [-0.05, 0) is 32.8 Å². The zero-order valence-electron chi connectivity index (χ0n) is 12.6. The van der Waals surface area contributed by atoms with Crippen molar-refractivity contribution in [3.8, 4) is 0 Å². The van der Waals surface area contributed by atoms with E-state index >= 15 is 0 Å². The summed E-state index contributed by atoms with van der Waals surface area (Å²) in [4.78, 5) is 22.5. The number of nitrogens with two attached hydrogens (primary N) is 1. The first-order chi connectivity index (χ1) is 9.76. The highest BCUT2D eigenvalue weighted by Crippen LogP contribution is 2.08. The van der Waals surface area contributed by atoms with Crippen LogP contribution in [0.3, 0.4) is 0 Å². The van der Waals surface area contributed by atoms with E-state index in [1.807, 2.05) is 30.3 Å². The van der Waals surface area contributed by atoms with Crippen LogP contribution in [0.5, 0.6) is 0 Å². The van der Waals surface area contributed by atoms with Crippen LogP contribution < -0.4 is 11.1 Å². The van der Waals surface area contributed by atoms with Crippen molar-refractivity contribution in [3.05, 3.63) is 35.9 Å². The Hall–Kier alpha value is -2.24. The maximum Gasteiger partial charge on any atom is 0.408 e. The quantitative estimate of drug-likeness (QED) is 0.871. The summed E-state index contributed by atoms with van der Waals surface area (Å²) >= 11 is 0. The minimum Gasteiger partial charge on any atom is -0.448 e.